The summed E-state index contributed by atoms with van der Waals surface area (Å²) in [5, 5.41) is 0. The molecule has 1 N–H and O–H groups in total. The molecule has 0 aromatic heterocycles. The number of methoxy groups -OCH3 is 2. The standard InChI is InChI=1S/C8H18ClNO4S/c1-13-4-3-5-15(11,12)10-8(6-9)7-14-2/h8,10H,3-7H2,1-2H3. The Morgan fingerprint density at radius 2 is 2.00 bits per heavy atom. The fraction of sp³-hybridized carbons (Fsp3) is 1.00. The average Bonchev–Trinajstić information content (AvgIpc) is 2.17. The lowest BCUT2D eigenvalue weighted by molar-refractivity contribution is 0.181. The Bertz CT molecular complexity index is 245. The fourth-order valence-electron chi connectivity index (χ4n) is 1.02. The van der Waals surface area contributed by atoms with Crippen molar-refractivity contribution in [3.63, 3.8) is 0 Å². The second-order valence-corrected chi connectivity index (χ2v) is 5.27. The Morgan fingerprint density at radius 3 is 2.47 bits per heavy atom. The van der Waals surface area contributed by atoms with Gasteiger partial charge in [-0.1, -0.05) is 0 Å². The molecule has 0 aliphatic rings. The van der Waals surface area contributed by atoms with Crippen molar-refractivity contribution in [2.45, 2.75) is 12.5 Å². The maximum atomic E-state index is 11.5. The van der Waals surface area contributed by atoms with E-state index in [9.17, 15) is 8.42 Å². The van der Waals surface area contributed by atoms with Gasteiger partial charge in [-0.3, -0.25) is 0 Å². The van der Waals surface area contributed by atoms with Crippen molar-refractivity contribution in [1.29, 1.82) is 0 Å². The van der Waals surface area contributed by atoms with Crippen molar-refractivity contribution >= 4 is 21.6 Å². The van der Waals surface area contributed by atoms with Gasteiger partial charge >= 0.3 is 0 Å². The summed E-state index contributed by atoms with van der Waals surface area (Å²) in [7, 11) is -0.249. The van der Waals surface area contributed by atoms with E-state index in [0.29, 0.717) is 13.0 Å². The molecule has 0 bridgehead atoms. The molecule has 7 heteroatoms. The van der Waals surface area contributed by atoms with Crippen LogP contribution in [0.4, 0.5) is 0 Å². The van der Waals surface area contributed by atoms with Crippen LogP contribution >= 0.6 is 11.6 Å². The van der Waals surface area contributed by atoms with Crippen LogP contribution in [0.3, 0.4) is 0 Å². The summed E-state index contributed by atoms with van der Waals surface area (Å²) in [5.74, 6) is 0.231. The SMILES string of the molecule is COCCCS(=O)(=O)NC(CCl)COC. The number of rotatable bonds is 9. The molecule has 5 nitrogen and oxygen atoms in total. The summed E-state index contributed by atoms with van der Waals surface area (Å²) in [6.07, 6.45) is 0.466. The zero-order valence-corrected chi connectivity index (χ0v) is 10.6. The van der Waals surface area contributed by atoms with Crippen LogP contribution in [-0.4, -0.2) is 53.5 Å². The molecule has 1 atom stereocenters. The molecular weight excluding hydrogens is 242 g/mol. The minimum absolute atomic E-state index is 0.0396. The molecule has 0 heterocycles. The second-order valence-electron chi connectivity index (χ2n) is 3.09. The molecule has 0 aromatic carbocycles. The van der Waals surface area contributed by atoms with Crippen molar-refractivity contribution in [2.24, 2.45) is 0 Å². The largest absolute Gasteiger partial charge is 0.385 e. The van der Waals surface area contributed by atoms with Gasteiger partial charge in [0.25, 0.3) is 0 Å². The van der Waals surface area contributed by atoms with Crippen molar-refractivity contribution < 1.29 is 17.9 Å². The number of sulfonamides is 1. The lowest BCUT2D eigenvalue weighted by atomic mass is 10.4. The molecule has 0 saturated heterocycles. The van der Waals surface area contributed by atoms with Gasteiger partial charge in [-0.15, -0.1) is 11.6 Å². The van der Waals surface area contributed by atoms with Crippen LogP contribution in [-0.2, 0) is 19.5 Å². The minimum Gasteiger partial charge on any atom is -0.385 e. The topological polar surface area (TPSA) is 64.6 Å². The first kappa shape index (κ1) is 15.1. The number of hydrogen-bond donors (Lipinski definition) is 1. The number of ether oxygens (including phenoxy) is 2. The van der Waals surface area contributed by atoms with Crippen LogP contribution in [0.2, 0.25) is 0 Å². The first-order valence-electron chi connectivity index (χ1n) is 4.59. The van der Waals surface area contributed by atoms with Crippen LogP contribution in [0.1, 0.15) is 6.42 Å². The average molecular weight is 260 g/mol. The third-order valence-corrected chi connectivity index (χ3v) is 3.55. The van der Waals surface area contributed by atoms with Crippen LogP contribution < -0.4 is 4.72 Å². The van der Waals surface area contributed by atoms with E-state index < -0.39 is 10.0 Å². The lowest BCUT2D eigenvalue weighted by Gasteiger charge is -2.14. The van der Waals surface area contributed by atoms with Crippen LogP contribution in [0.15, 0.2) is 0 Å². The Balaban J connectivity index is 3.99. The van der Waals surface area contributed by atoms with Crippen LogP contribution in [0.25, 0.3) is 0 Å². The normalized spacial score (nSPS) is 14.1. The Hall–Kier alpha value is 0.120. The fourth-order valence-corrected chi connectivity index (χ4v) is 2.55. The molecule has 92 valence electrons. The smallest absolute Gasteiger partial charge is 0.212 e. The van der Waals surface area contributed by atoms with Gasteiger partial charge in [0.2, 0.25) is 10.0 Å². The van der Waals surface area contributed by atoms with Crippen molar-refractivity contribution in [2.75, 3.05) is 39.1 Å². The molecular formula is C8H18ClNO4S. The molecule has 0 fully saturated rings. The summed E-state index contributed by atoms with van der Waals surface area (Å²) in [6.45, 7) is 0.698. The van der Waals surface area contributed by atoms with E-state index in [4.69, 9.17) is 21.1 Å². The third-order valence-electron chi connectivity index (χ3n) is 1.66. The van der Waals surface area contributed by atoms with E-state index in [2.05, 4.69) is 4.72 Å². The molecule has 0 aliphatic carbocycles. The van der Waals surface area contributed by atoms with Gasteiger partial charge < -0.3 is 9.47 Å². The highest BCUT2D eigenvalue weighted by Gasteiger charge is 2.16. The zero-order chi connectivity index (χ0) is 11.7. The monoisotopic (exact) mass is 259 g/mol. The van der Waals surface area contributed by atoms with E-state index in [-0.39, 0.29) is 24.3 Å². The van der Waals surface area contributed by atoms with Crippen LogP contribution in [0.5, 0.6) is 0 Å². The Morgan fingerprint density at radius 1 is 1.33 bits per heavy atom. The number of halogens is 1. The quantitative estimate of drug-likeness (QED) is 0.475. The van der Waals surface area contributed by atoms with E-state index in [1.54, 1.807) is 0 Å². The van der Waals surface area contributed by atoms with E-state index >= 15 is 0 Å². The van der Waals surface area contributed by atoms with Gasteiger partial charge in [0.05, 0.1) is 18.4 Å². The summed E-state index contributed by atoms with van der Waals surface area (Å²) >= 11 is 5.58. The Labute approximate surface area is 96.1 Å². The number of alkyl halides is 1. The molecule has 0 rings (SSSR count). The third kappa shape index (κ3) is 7.98. The zero-order valence-electron chi connectivity index (χ0n) is 9.03. The summed E-state index contributed by atoms with van der Waals surface area (Å²) < 4.78 is 35.0. The first-order chi connectivity index (χ1) is 7.05. The maximum Gasteiger partial charge on any atom is 0.212 e. The predicted octanol–water partition coefficient (Wildman–Crippen LogP) is 0.196. The van der Waals surface area contributed by atoms with Gasteiger partial charge in [0.1, 0.15) is 0 Å². The molecule has 0 amide bonds. The van der Waals surface area contributed by atoms with Gasteiger partial charge in [-0.05, 0) is 6.42 Å². The van der Waals surface area contributed by atoms with Crippen molar-refractivity contribution in [1.82, 2.24) is 4.72 Å². The maximum absolute atomic E-state index is 11.5. The predicted molar refractivity (Wildman–Crippen MR) is 59.8 cm³/mol. The highest BCUT2D eigenvalue weighted by Crippen LogP contribution is 1.96. The van der Waals surface area contributed by atoms with Crippen molar-refractivity contribution in [3.05, 3.63) is 0 Å². The summed E-state index contributed by atoms with van der Waals surface area (Å²) in [6, 6.07) is -0.371. The van der Waals surface area contributed by atoms with Gasteiger partial charge in [0, 0.05) is 26.7 Å². The Kier molecular flexibility index (Phi) is 8.36. The van der Waals surface area contributed by atoms with Crippen molar-refractivity contribution in [3.8, 4) is 0 Å². The minimum atomic E-state index is -3.28. The van der Waals surface area contributed by atoms with E-state index in [0.717, 1.165) is 0 Å². The van der Waals surface area contributed by atoms with Crippen LogP contribution in [0, 0.1) is 0 Å². The van der Waals surface area contributed by atoms with Gasteiger partial charge in [-0.2, -0.15) is 0 Å². The number of nitrogens with one attached hydrogen (secondary N) is 1. The highest BCUT2D eigenvalue weighted by atomic mass is 35.5. The first-order valence-corrected chi connectivity index (χ1v) is 6.78. The number of hydrogen-bond acceptors (Lipinski definition) is 4. The molecule has 15 heavy (non-hydrogen) atoms. The van der Waals surface area contributed by atoms with E-state index in [1.807, 2.05) is 0 Å². The van der Waals surface area contributed by atoms with Gasteiger partial charge in [-0.25, -0.2) is 13.1 Å². The molecule has 0 radical (unpaired) electrons. The molecule has 1 unspecified atom stereocenters. The molecule has 0 saturated carbocycles. The summed E-state index contributed by atoms with van der Waals surface area (Å²) in [5.41, 5.74) is 0. The van der Waals surface area contributed by atoms with Gasteiger partial charge in [0.15, 0.2) is 0 Å². The summed E-state index contributed by atoms with van der Waals surface area (Å²) in [4.78, 5) is 0. The lowest BCUT2D eigenvalue weighted by Crippen LogP contribution is -2.40. The molecule has 0 aliphatic heterocycles. The highest BCUT2D eigenvalue weighted by molar-refractivity contribution is 7.89. The molecule has 0 spiro atoms. The molecule has 0 aromatic rings. The van der Waals surface area contributed by atoms with E-state index in [1.165, 1.54) is 14.2 Å². The second kappa shape index (κ2) is 8.29.